The van der Waals surface area contributed by atoms with Crippen molar-refractivity contribution >= 4 is 23.6 Å². The Morgan fingerprint density at radius 3 is 2.79 bits per heavy atom. The molecular formula is C22H24N2O5. The predicted octanol–water partition coefficient (Wildman–Crippen LogP) is 4.16. The number of carbonyl (C=O) groups excluding carboxylic acids is 2. The molecule has 152 valence electrons. The topological polar surface area (TPSA) is 89.8 Å². The van der Waals surface area contributed by atoms with E-state index in [9.17, 15) is 19.7 Å². The zero-order chi connectivity index (χ0) is 21.0. The number of ether oxygens (including phenoxy) is 1. The standard InChI is InChI=1S/C22H24N2O5/c1-15-20(22(26)29-2)19(14-17-9-6-10-18(13-17)24(27)28)21(25)23(15)12-11-16-7-4-3-5-8-16/h6-7,9-10,13-14H,3-5,8,11-12H2,1-2H3/b19-14-. The van der Waals surface area contributed by atoms with Crippen molar-refractivity contribution in [2.45, 2.75) is 39.0 Å². The zero-order valence-corrected chi connectivity index (χ0v) is 16.6. The van der Waals surface area contributed by atoms with Gasteiger partial charge in [0.1, 0.15) is 0 Å². The molecule has 0 radical (unpaired) electrons. The Bertz CT molecular complexity index is 942. The summed E-state index contributed by atoms with van der Waals surface area (Å²) >= 11 is 0. The monoisotopic (exact) mass is 396 g/mol. The molecule has 1 aliphatic heterocycles. The summed E-state index contributed by atoms with van der Waals surface area (Å²) < 4.78 is 4.89. The fraction of sp³-hybridized carbons (Fsp3) is 0.364. The molecule has 7 nitrogen and oxygen atoms in total. The molecule has 3 rings (SSSR count). The Hall–Kier alpha value is -3.22. The van der Waals surface area contributed by atoms with Crippen LogP contribution < -0.4 is 0 Å². The van der Waals surface area contributed by atoms with Gasteiger partial charge in [-0.05, 0) is 50.7 Å². The number of non-ortho nitro benzene ring substituents is 1. The Kier molecular flexibility index (Phi) is 6.26. The van der Waals surface area contributed by atoms with E-state index in [1.807, 2.05) is 0 Å². The Balaban J connectivity index is 1.92. The highest BCUT2D eigenvalue weighted by Gasteiger charge is 2.36. The molecule has 1 amide bonds. The molecule has 0 bridgehead atoms. The van der Waals surface area contributed by atoms with E-state index < -0.39 is 10.9 Å². The second-order valence-electron chi connectivity index (χ2n) is 7.18. The maximum Gasteiger partial charge on any atom is 0.340 e. The highest BCUT2D eigenvalue weighted by Crippen LogP contribution is 2.33. The van der Waals surface area contributed by atoms with Crippen molar-refractivity contribution in [1.29, 1.82) is 0 Å². The van der Waals surface area contributed by atoms with Crippen LogP contribution in [0, 0.1) is 10.1 Å². The molecule has 0 aromatic heterocycles. The highest BCUT2D eigenvalue weighted by molar-refractivity contribution is 6.16. The number of amides is 1. The normalized spacial score (nSPS) is 18.3. The first-order valence-corrected chi connectivity index (χ1v) is 9.68. The Morgan fingerprint density at radius 2 is 2.14 bits per heavy atom. The van der Waals surface area contributed by atoms with Gasteiger partial charge in [-0.1, -0.05) is 23.8 Å². The van der Waals surface area contributed by atoms with Crippen molar-refractivity contribution in [1.82, 2.24) is 4.90 Å². The molecule has 0 atom stereocenters. The van der Waals surface area contributed by atoms with Crippen molar-refractivity contribution in [3.05, 3.63) is 68.4 Å². The number of hydrogen-bond acceptors (Lipinski definition) is 5. The lowest BCUT2D eigenvalue weighted by molar-refractivity contribution is -0.384. The molecule has 1 heterocycles. The number of nitrogens with zero attached hydrogens (tertiary/aromatic N) is 2. The maximum absolute atomic E-state index is 13.1. The summed E-state index contributed by atoms with van der Waals surface area (Å²) in [7, 11) is 1.27. The molecule has 1 aliphatic carbocycles. The third-order valence-electron chi connectivity index (χ3n) is 5.33. The lowest BCUT2D eigenvalue weighted by Gasteiger charge is -2.20. The number of benzene rings is 1. The first-order valence-electron chi connectivity index (χ1n) is 9.68. The number of hydrogen-bond donors (Lipinski definition) is 0. The van der Waals surface area contributed by atoms with Crippen LogP contribution in [0.15, 0.2) is 52.8 Å². The SMILES string of the molecule is COC(=O)C1=C(C)N(CCC2=CCCCC2)C(=O)/C1=C\c1cccc([N+](=O)[O-])c1. The molecular weight excluding hydrogens is 372 g/mol. The fourth-order valence-electron chi connectivity index (χ4n) is 3.78. The molecule has 0 unspecified atom stereocenters. The van der Waals surface area contributed by atoms with Gasteiger partial charge in [-0.25, -0.2) is 4.79 Å². The summed E-state index contributed by atoms with van der Waals surface area (Å²) in [5.41, 5.74) is 2.71. The van der Waals surface area contributed by atoms with Gasteiger partial charge in [0.15, 0.2) is 0 Å². The summed E-state index contributed by atoms with van der Waals surface area (Å²) in [6, 6.07) is 5.96. The molecule has 0 spiro atoms. The lowest BCUT2D eigenvalue weighted by atomic mass is 9.97. The smallest absolute Gasteiger partial charge is 0.340 e. The Labute approximate surface area is 169 Å². The van der Waals surface area contributed by atoms with E-state index in [-0.39, 0.29) is 22.7 Å². The third kappa shape index (κ3) is 4.45. The van der Waals surface area contributed by atoms with Crippen molar-refractivity contribution in [2.75, 3.05) is 13.7 Å². The molecule has 29 heavy (non-hydrogen) atoms. The van der Waals surface area contributed by atoms with Gasteiger partial charge in [-0.3, -0.25) is 14.9 Å². The largest absolute Gasteiger partial charge is 0.465 e. The minimum Gasteiger partial charge on any atom is -0.465 e. The number of nitro groups is 1. The highest BCUT2D eigenvalue weighted by atomic mass is 16.6. The summed E-state index contributed by atoms with van der Waals surface area (Å²) in [5, 5.41) is 11.0. The number of nitro benzene ring substituents is 1. The minimum absolute atomic E-state index is 0.0776. The molecule has 7 heteroatoms. The van der Waals surface area contributed by atoms with E-state index in [4.69, 9.17) is 4.74 Å². The second-order valence-corrected chi connectivity index (χ2v) is 7.18. The number of allylic oxidation sites excluding steroid dienone is 2. The maximum atomic E-state index is 13.1. The first kappa shape index (κ1) is 20.5. The molecule has 1 aromatic rings. The molecule has 0 N–H and O–H groups in total. The van der Waals surface area contributed by atoms with Crippen molar-refractivity contribution < 1.29 is 19.2 Å². The van der Waals surface area contributed by atoms with Gasteiger partial charge in [0.25, 0.3) is 11.6 Å². The van der Waals surface area contributed by atoms with Gasteiger partial charge >= 0.3 is 5.97 Å². The summed E-state index contributed by atoms with van der Waals surface area (Å²) in [6.45, 7) is 2.22. The van der Waals surface area contributed by atoms with Crippen LogP contribution in [0.1, 0.15) is 44.6 Å². The molecule has 1 aromatic carbocycles. The molecule has 2 aliphatic rings. The zero-order valence-electron chi connectivity index (χ0n) is 16.6. The van der Waals surface area contributed by atoms with Crippen LogP contribution >= 0.6 is 0 Å². The second kappa shape index (κ2) is 8.86. The van der Waals surface area contributed by atoms with Crippen LogP contribution in [0.4, 0.5) is 5.69 Å². The lowest BCUT2D eigenvalue weighted by Crippen LogP contribution is -2.26. The van der Waals surface area contributed by atoms with E-state index >= 15 is 0 Å². The van der Waals surface area contributed by atoms with Gasteiger partial charge in [-0.15, -0.1) is 0 Å². The van der Waals surface area contributed by atoms with Crippen LogP contribution in [0.2, 0.25) is 0 Å². The van der Waals surface area contributed by atoms with Crippen LogP contribution in [0.3, 0.4) is 0 Å². The van der Waals surface area contributed by atoms with Gasteiger partial charge < -0.3 is 9.64 Å². The fourth-order valence-corrected chi connectivity index (χ4v) is 3.78. The Morgan fingerprint density at radius 1 is 1.34 bits per heavy atom. The predicted molar refractivity (Wildman–Crippen MR) is 109 cm³/mol. The van der Waals surface area contributed by atoms with Crippen molar-refractivity contribution in [3.63, 3.8) is 0 Å². The van der Waals surface area contributed by atoms with Crippen LogP contribution in [0.25, 0.3) is 6.08 Å². The van der Waals surface area contributed by atoms with Crippen molar-refractivity contribution in [3.8, 4) is 0 Å². The van der Waals surface area contributed by atoms with E-state index in [2.05, 4.69) is 6.08 Å². The number of rotatable bonds is 6. The first-order chi connectivity index (χ1) is 13.9. The summed E-state index contributed by atoms with van der Waals surface area (Å²) in [5.74, 6) is -0.877. The van der Waals surface area contributed by atoms with Crippen LogP contribution in [0.5, 0.6) is 0 Å². The molecule has 0 saturated carbocycles. The van der Waals surface area contributed by atoms with Gasteiger partial charge in [0, 0.05) is 24.4 Å². The van der Waals surface area contributed by atoms with Gasteiger partial charge in [-0.2, -0.15) is 0 Å². The quantitative estimate of drug-likeness (QED) is 0.237. The van der Waals surface area contributed by atoms with Crippen molar-refractivity contribution in [2.24, 2.45) is 0 Å². The average Bonchev–Trinajstić information content (AvgIpc) is 2.96. The van der Waals surface area contributed by atoms with E-state index in [1.165, 1.54) is 43.7 Å². The minimum atomic E-state index is -0.591. The summed E-state index contributed by atoms with van der Waals surface area (Å²) in [4.78, 5) is 37.6. The van der Waals surface area contributed by atoms with E-state index in [0.29, 0.717) is 17.8 Å². The van der Waals surface area contributed by atoms with Crippen LogP contribution in [-0.4, -0.2) is 35.4 Å². The summed E-state index contributed by atoms with van der Waals surface area (Å²) in [6.07, 6.45) is 9.01. The third-order valence-corrected chi connectivity index (χ3v) is 5.33. The molecule has 0 saturated heterocycles. The van der Waals surface area contributed by atoms with Gasteiger partial charge in [0.05, 0.1) is 23.2 Å². The number of carbonyl (C=O) groups is 2. The van der Waals surface area contributed by atoms with Gasteiger partial charge in [0.2, 0.25) is 0 Å². The molecule has 0 fully saturated rings. The average molecular weight is 396 g/mol. The van der Waals surface area contributed by atoms with Crippen LogP contribution in [-0.2, 0) is 14.3 Å². The van der Waals surface area contributed by atoms with E-state index in [1.54, 1.807) is 24.0 Å². The number of esters is 1. The van der Waals surface area contributed by atoms with E-state index in [0.717, 1.165) is 19.3 Å². The number of methoxy groups -OCH3 is 1.